The summed E-state index contributed by atoms with van der Waals surface area (Å²) in [6, 6.07) is 13.8. The van der Waals surface area contributed by atoms with Gasteiger partial charge in [0.25, 0.3) is 10.0 Å². The van der Waals surface area contributed by atoms with Gasteiger partial charge in [-0.25, -0.2) is 8.42 Å². The Kier molecular flexibility index (Phi) is 8.43. The van der Waals surface area contributed by atoms with Crippen molar-refractivity contribution in [3.05, 3.63) is 59.7 Å². The molecule has 0 unspecified atom stereocenters. The smallest absolute Gasteiger partial charge is 0.264 e. The number of hydrogen-bond donors (Lipinski definition) is 1. The molecule has 5 nitrogen and oxygen atoms in total. The fourth-order valence-electron chi connectivity index (χ4n) is 3.86. The van der Waals surface area contributed by atoms with E-state index in [4.69, 9.17) is 0 Å². The number of benzene rings is 2. The minimum atomic E-state index is -3.87. The fourth-order valence-corrected chi connectivity index (χ4v) is 6.58. The van der Waals surface area contributed by atoms with E-state index < -0.39 is 10.0 Å². The Morgan fingerprint density at radius 2 is 1.74 bits per heavy atom. The highest BCUT2D eigenvalue weighted by atomic mass is 32.2. The van der Waals surface area contributed by atoms with Crippen LogP contribution in [0.25, 0.3) is 0 Å². The summed E-state index contributed by atoms with van der Waals surface area (Å²) in [6.07, 6.45) is 6.44. The molecule has 0 bridgehead atoms. The normalized spacial score (nSPS) is 14.9. The zero-order valence-electron chi connectivity index (χ0n) is 18.3. The van der Waals surface area contributed by atoms with E-state index in [1.54, 1.807) is 36.4 Å². The molecule has 3 rings (SSSR count). The minimum Gasteiger partial charge on any atom is -0.354 e. The summed E-state index contributed by atoms with van der Waals surface area (Å²) in [5.74, 6) is 0.565. The number of aryl methyl sites for hydroxylation is 1. The highest BCUT2D eigenvalue weighted by molar-refractivity contribution is 7.99. The number of rotatable bonds is 9. The van der Waals surface area contributed by atoms with Crippen LogP contribution in [0.1, 0.15) is 43.2 Å². The van der Waals surface area contributed by atoms with Crippen LogP contribution in [0, 0.1) is 13.8 Å². The molecule has 1 saturated carbocycles. The molecule has 1 aliphatic rings. The van der Waals surface area contributed by atoms with E-state index in [0.717, 1.165) is 16.9 Å². The standard InChI is InChI=1S/C24H32N2O3S2/c1-19-10-9-15-23(20(19)2)26(31(28,29)22-13-7-4-8-14-22)18-24(27)25-16-17-30-21-11-5-3-6-12-21/h4,7-10,13-15,21H,3,5-6,11-12,16-18H2,1-2H3,(H,25,27). The van der Waals surface area contributed by atoms with E-state index in [-0.39, 0.29) is 17.3 Å². The Labute approximate surface area is 190 Å². The summed E-state index contributed by atoms with van der Waals surface area (Å²) in [5, 5.41) is 3.60. The van der Waals surface area contributed by atoms with E-state index in [1.165, 1.54) is 36.4 Å². The van der Waals surface area contributed by atoms with Crippen LogP contribution in [0.3, 0.4) is 0 Å². The van der Waals surface area contributed by atoms with Crippen molar-refractivity contribution in [1.82, 2.24) is 5.32 Å². The molecule has 7 heteroatoms. The molecule has 1 aliphatic carbocycles. The predicted octanol–water partition coefficient (Wildman–Crippen LogP) is 4.68. The first-order valence-corrected chi connectivity index (χ1v) is 13.4. The summed E-state index contributed by atoms with van der Waals surface area (Å²) >= 11 is 1.91. The molecule has 31 heavy (non-hydrogen) atoms. The van der Waals surface area contributed by atoms with Crippen molar-refractivity contribution in [2.75, 3.05) is 23.1 Å². The number of anilines is 1. The summed E-state index contributed by atoms with van der Waals surface area (Å²) < 4.78 is 28.1. The number of hydrogen-bond acceptors (Lipinski definition) is 4. The molecule has 0 spiro atoms. The molecular weight excluding hydrogens is 428 g/mol. The van der Waals surface area contributed by atoms with Gasteiger partial charge in [-0.15, -0.1) is 0 Å². The van der Waals surface area contributed by atoms with E-state index >= 15 is 0 Å². The van der Waals surface area contributed by atoms with E-state index in [0.29, 0.717) is 17.5 Å². The maximum atomic E-state index is 13.4. The minimum absolute atomic E-state index is 0.177. The maximum Gasteiger partial charge on any atom is 0.264 e. The first-order valence-electron chi connectivity index (χ1n) is 10.9. The first-order chi connectivity index (χ1) is 14.9. The lowest BCUT2D eigenvalue weighted by atomic mass is 10.0. The molecule has 0 atom stereocenters. The second-order valence-corrected chi connectivity index (χ2v) is 11.3. The lowest BCUT2D eigenvalue weighted by molar-refractivity contribution is -0.119. The first kappa shape index (κ1) is 23.7. The largest absolute Gasteiger partial charge is 0.354 e. The van der Waals surface area contributed by atoms with Crippen molar-refractivity contribution in [1.29, 1.82) is 0 Å². The average Bonchev–Trinajstić information content (AvgIpc) is 2.78. The van der Waals surface area contributed by atoms with E-state index in [1.807, 2.05) is 37.7 Å². The molecule has 1 N–H and O–H groups in total. The summed E-state index contributed by atoms with van der Waals surface area (Å²) in [6.45, 7) is 4.13. The molecule has 0 radical (unpaired) electrons. The lowest BCUT2D eigenvalue weighted by Crippen LogP contribution is -2.41. The molecule has 0 saturated heterocycles. The molecule has 168 valence electrons. The highest BCUT2D eigenvalue weighted by Crippen LogP contribution is 2.29. The Hall–Kier alpha value is -1.99. The number of carbonyl (C=O) groups excluding carboxylic acids is 1. The second kappa shape index (κ2) is 11.0. The number of sulfonamides is 1. The number of carbonyl (C=O) groups is 1. The molecule has 2 aromatic rings. The molecule has 0 heterocycles. The van der Waals surface area contributed by atoms with Crippen LogP contribution in [0.15, 0.2) is 53.4 Å². The van der Waals surface area contributed by atoms with Crippen LogP contribution < -0.4 is 9.62 Å². The SMILES string of the molecule is Cc1cccc(N(CC(=O)NCCSC2CCCCC2)S(=O)(=O)c2ccccc2)c1C. The third kappa shape index (κ3) is 6.26. The van der Waals surface area contributed by atoms with Crippen LogP contribution in [0.4, 0.5) is 5.69 Å². The van der Waals surface area contributed by atoms with Gasteiger partial charge in [0, 0.05) is 17.5 Å². The Morgan fingerprint density at radius 3 is 2.45 bits per heavy atom. The topological polar surface area (TPSA) is 66.5 Å². The quantitative estimate of drug-likeness (QED) is 0.552. The fraction of sp³-hybridized carbons (Fsp3) is 0.458. The van der Waals surface area contributed by atoms with Crippen LogP contribution in [0.5, 0.6) is 0 Å². The van der Waals surface area contributed by atoms with Crippen molar-refractivity contribution in [2.24, 2.45) is 0 Å². The van der Waals surface area contributed by atoms with Gasteiger partial charge in [0.15, 0.2) is 0 Å². The second-order valence-electron chi connectivity index (χ2n) is 8.02. The van der Waals surface area contributed by atoms with Gasteiger partial charge < -0.3 is 5.32 Å². The number of amides is 1. The molecule has 1 fully saturated rings. The molecular formula is C24H32N2O3S2. The van der Waals surface area contributed by atoms with E-state index in [9.17, 15) is 13.2 Å². The van der Waals surface area contributed by atoms with Gasteiger partial charge in [0.05, 0.1) is 10.6 Å². The summed E-state index contributed by atoms with van der Waals surface area (Å²) in [7, 11) is -3.87. The van der Waals surface area contributed by atoms with Crippen molar-refractivity contribution >= 4 is 33.4 Å². The zero-order chi connectivity index (χ0) is 22.3. The number of nitrogens with one attached hydrogen (secondary N) is 1. The Bertz CT molecular complexity index is 972. The van der Waals surface area contributed by atoms with Crippen molar-refractivity contribution in [2.45, 2.75) is 56.1 Å². The lowest BCUT2D eigenvalue weighted by Gasteiger charge is -2.26. The molecule has 0 aromatic heterocycles. The third-order valence-electron chi connectivity index (χ3n) is 5.79. The highest BCUT2D eigenvalue weighted by Gasteiger charge is 2.28. The van der Waals surface area contributed by atoms with Crippen molar-refractivity contribution in [3.63, 3.8) is 0 Å². The van der Waals surface area contributed by atoms with Gasteiger partial charge in [0.1, 0.15) is 6.54 Å². The average molecular weight is 461 g/mol. The van der Waals surface area contributed by atoms with Crippen LogP contribution >= 0.6 is 11.8 Å². The van der Waals surface area contributed by atoms with Gasteiger partial charge in [-0.1, -0.05) is 49.6 Å². The number of thioether (sulfide) groups is 1. The summed E-state index contributed by atoms with van der Waals surface area (Å²) in [5.41, 5.74) is 2.37. The van der Waals surface area contributed by atoms with Gasteiger partial charge in [-0.3, -0.25) is 9.10 Å². The van der Waals surface area contributed by atoms with Gasteiger partial charge in [-0.2, -0.15) is 11.8 Å². The molecule has 1 amide bonds. The van der Waals surface area contributed by atoms with Crippen LogP contribution in [-0.4, -0.2) is 38.4 Å². The van der Waals surface area contributed by atoms with Gasteiger partial charge in [0.2, 0.25) is 5.91 Å². The van der Waals surface area contributed by atoms with Crippen molar-refractivity contribution in [3.8, 4) is 0 Å². The number of nitrogens with zero attached hydrogens (tertiary/aromatic N) is 1. The monoisotopic (exact) mass is 460 g/mol. The third-order valence-corrected chi connectivity index (χ3v) is 8.95. The van der Waals surface area contributed by atoms with Crippen LogP contribution in [-0.2, 0) is 14.8 Å². The maximum absolute atomic E-state index is 13.4. The molecule has 0 aliphatic heterocycles. The van der Waals surface area contributed by atoms with Gasteiger partial charge in [-0.05, 0) is 56.0 Å². The Balaban J connectivity index is 1.71. The Morgan fingerprint density at radius 1 is 1.03 bits per heavy atom. The van der Waals surface area contributed by atoms with E-state index in [2.05, 4.69) is 5.32 Å². The summed E-state index contributed by atoms with van der Waals surface area (Å²) in [4.78, 5) is 12.9. The van der Waals surface area contributed by atoms with Crippen LogP contribution in [0.2, 0.25) is 0 Å². The predicted molar refractivity (Wildman–Crippen MR) is 129 cm³/mol. The van der Waals surface area contributed by atoms with Crippen molar-refractivity contribution < 1.29 is 13.2 Å². The van der Waals surface area contributed by atoms with Gasteiger partial charge >= 0.3 is 0 Å². The zero-order valence-corrected chi connectivity index (χ0v) is 20.0. The molecule has 2 aromatic carbocycles.